The maximum atomic E-state index is 13.4. The first-order valence-electron chi connectivity index (χ1n) is 10.7. The van der Waals surface area contributed by atoms with Gasteiger partial charge in [-0.15, -0.1) is 0 Å². The Balaban J connectivity index is 2.02. The summed E-state index contributed by atoms with van der Waals surface area (Å²) < 4.78 is 26.6. The van der Waals surface area contributed by atoms with E-state index in [0.717, 1.165) is 38.5 Å². The van der Waals surface area contributed by atoms with Crippen LogP contribution in [0.1, 0.15) is 27.7 Å². The summed E-state index contributed by atoms with van der Waals surface area (Å²) in [7, 11) is 0. The third-order valence-electron chi connectivity index (χ3n) is 4.99. The van der Waals surface area contributed by atoms with Crippen LogP contribution >= 0.6 is 0 Å². The fraction of sp³-hybridized carbons (Fsp3) is 0.375. The number of esters is 4. The molecule has 0 aromatic heterocycles. The summed E-state index contributed by atoms with van der Waals surface area (Å²) in [5.74, 6) is -4.03. The monoisotopic (exact) mass is 487 g/mol. The lowest BCUT2D eigenvalue weighted by Crippen LogP contribution is -2.64. The van der Waals surface area contributed by atoms with Gasteiger partial charge in [-0.05, 0) is 11.5 Å². The molecule has 1 amide bonds. The number of carbonyl (C=O) groups excluding carboxylic acids is 5. The number of nitrogens with one attached hydrogen (secondary N) is 1. The van der Waals surface area contributed by atoms with E-state index in [0.29, 0.717) is 5.69 Å². The first-order chi connectivity index (χ1) is 16.6. The lowest BCUT2D eigenvalue weighted by atomic mass is 9.97. The lowest BCUT2D eigenvalue weighted by Gasteiger charge is -2.43. The lowest BCUT2D eigenvalue weighted by molar-refractivity contribution is -0.289. The van der Waals surface area contributed by atoms with Gasteiger partial charge in [0, 0.05) is 38.8 Å². The summed E-state index contributed by atoms with van der Waals surface area (Å²) in [4.78, 5) is 60.6. The van der Waals surface area contributed by atoms with Crippen molar-refractivity contribution in [1.82, 2.24) is 0 Å². The van der Waals surface area contributed by atoms with Gasteiger partial charge in [-0.3, -0.25) is 24.0 Å². The van der Waals surface area contributed by atoms with Crippen LogP contribution in [-0.2, 0) is 47.7 Å². The Labute approximate surface area is 200 Å². The average molecular weight is 487 g/mol. The van der Waals surface area contributed by atoms with Gasteiger partial charge >= 0.3 is 23.9 Å². The molecule has 0 bridgehead atoms. The van der Waals surface area contributed by atoms with Gasteiger partial charge in [-0.1, -0.05) is 36.4 Å². The number of ether oxygens (including phenoxy) is 5. The molecule has 0 saturated carbocycles. The number of hydrogen-bond acceptors (Lipinski definition) is 10. The predicted molar refractivity (Wildman–Crippen MR) is 120 cm³/mol. The van der Waals surface area contributed by atoms with Crippen molar-refractivity contribution in [3.8, 4) is 0 Å². The van der Waals surface area contributed by atoms with Crippen LogP contribution in [0.15, 0.2) is 42.5 Å². The molecule has 3 rings (SSSR count). The maximum absolute atomic E-state index is 13.4. The molecule has 5 atom stereocenters. The Morgan fingerprint density at radius 3 is 1.86 bits per heavy atom. The predicted octanol–water partition coefficient (Wildman–Crippen LogP) is 1.86. The minimum atomic E-state index is -1.63. The summed E-state index contributed by atoms with van der Waals surface area (Å²) in [5.41, 5.74) is 0.438. The number of rotatable bonds is 6. The fourth-order valence-corrected chi connectivity index (χ4v) is 3.78. The van der Waals surface area contributed by atoms with Gasteiger partial charge in [0.05, 0.1) is 0 Å². The van der Waals surface area contributed by atoms with Crippen molar-refractivity contribution in [3.63, 3.8) is 0 Å². The van der Waals surface area contributed by atoms with E-state index in [9.17, 15) is 24.0 Å². The van der Waals surface area contributed by atoms with Crippen molar-refractivity contribution in [1.29, 1.82) is 0 Å². The van der Waals surface area contributed by atoms with Crippen LogP contribution in [0.2, 0.25) is 0 Å². The van der Waals surface area contributed by atoms with Gasteiger partial charge in [-0.2, -0.15) is 0 Å². The Morgan fingerprint density at radius 2 is 1.23 bits per heavy atom. The zero-order valence-corrected chi connectivity index (χ0v) is 19.5. The average Bonchev–Trinajstić information content (AvgIpc) is 2.76. The molecule has 1 N–H and O–H groups in total. The molecule has 11 nitrogen and oxygen atoms in total. The molecule has 1 aliphatic heterocycles. The second-order valence-electron chi connectivity index (χ2n) is 7.77. The molecule has 35 heavy (non-hydrogen) atoms. The van der Waals surface area contributed by atoms with Gasteiger partial charge in [-0.25, -0.2) is 0 Å². The Hall–Kier alpha value is -3.99. The molecule has 1 heterocycles. The van der Waals surface area contributed by atoms with Crippen LogP contribution < -0.4 is 5.32 Å². The Bertz CT molecular complexity index is 1140. The summed E-state index contributed by atoms with van der Waals surface area (Å²) in [6, 6.07) is 12.6. The number of fused-ring (bicyclic) bond motifs is 1. The van der Waals surface area contributed by atoms with Crippen LogP contribution in [0.25, 0.3) is 10.8 Å². The normalized spacial score (nSPS) is 23.6. The zero-order valence-electron chi connectivity index (χ0n) is 19.5. The van der Waals surface area contributed by atoms with Crippen molar-refractivity contribution in [3.05, 3.63) is 42.5 Å². The minimum Gasteiger partial charge on any atom is -0.455 e. The van der Waals surface area contributed by atoms with Crippen LogP contribution in [0, 0.1) is 0 Å². The van der Waals surface area contributed by atoms with Crippen molar-refractivity contribution in [2.24, 2.45) is 0 Å². The van der Waals surface area contributed by atoms with E-state index in [2.05, 4.69) is 5.32 Å². The quantitative estimate of drug-likeness (QED) is 0.474. The van der Waals surface area contributed by atoms with Gasteiger partial charge in [0.15, 0.2) is 18.3 Å². The Morgan fingerprint density at radius 1 is 0.686 bits per heavy atom. The van der Waals surface area contributed by atoms with E-state index < -0.39 is 60.5 Å². The minimum absolute atomic E-state index is 0.438. The van der Waals surface area contributed by atoms with Crippen LogP contribution in [0.4, 0.5) is 5.69 Å². The second kappa shape index (κ2) is 11.0. The van der Waals surface area contributed by atoms with E-state index in [1.807, 2.05) is 18.2 Å². The molecule has 2 aromatic rings. The molecule has 2 aromatic carbocycles. The summed E-state index contributed by atoms with van der Waals surface area (Å²) in [6.07, 6.45) is -7.77. The number of benzene rings is 2. The molecule has 1 saturated heterocycles. The van der Waals surface area contributed by atoms with Crippen molar-refractivity contribution < 1.29 is 47.7 Å². The van der Waals surface area contributed by atoms with Crippen LogP contribution in [0.5, 0.6) is 0 Å². The highest BCUT2D eigenvalue weighted by molar-refractivity contribution is 6.03. The smallest absolute Gasteiger partial charge is 0.305 e. The fourth-order valence-electron chi connectivity index (χ4n) is 3.78. The summed E-state index contributed by atoms with van der Waals surface area (Å²) >= 11 is 0. The molecule has 11 heteroatoms. The van der Waals surface area contributed by atoms with E-state index in [-0.39, 0.29) is 0 Å². The standard InChI is InChI=1S/C24H25NO10/c1-12(26)31-19-20(32-13(2)27)22(33-14(3)28)24(34-15(4)29)35-21(19)23(30)25-18-11-7-9-16-8-5-6-10-17(16)18/h5-11,19-22,24H,1-4H3,(H,25,30)/t19-,20-,21-,22+,24+/m0/s1. The zero-order chi connectivity index (χ0) is 25.7. The number of anilines is 1. The van der Waals surface area contributed by atoms with Crippen LogP contribution in [0.3, 0.4) is 0 Å². The van der Waals surface area contributed by atoms with Crippen molar-refractivity contribution in [2.45, 2.75) is 58.4 Å². The van der Waals surface area contributed by atoms with Crippen molar-refractivity contribution >= 4 is 46.2 Å². The van der Waals surface area contributed by atoms with Crippen molar-refractivity contribution in [2.75, 3.05) is 5.32 Å². The topological polar surface area (TPSA) is 144 Å². The van der Waals surface area contributed by atoms with E-state index in [4.69, 9.17) is 23.7 Å². The highest BCUT2D eigenvalue weighted by Crippen LogP contribution is 2.31. The van der Waals surface area contributed by atoms with Crippen LogP contribution in [-0.4, -0.2) is 60.5 Å². The van der Waals surface area contributed by atoms with E-state index in [1.165, 1.54) is 0 Å². The molecule has 186 valence electrons. The maximum Gasteiger partial charge on any atom is 0.305 e. The third-order valence-corrected chi connectivity index (χ3v) is 4.99. The van der Waals surface area contributed by atoms with Gasteiger partial charge in [0.1, 0.15) is 0 Å². The van der Waals surface area contributed by atoms with E-state index >= 15 is 0 Å². The molecule has 1 aliphatic rings. The first kappa shape index (κ1) is 25.6. The molecular weight excluding hydrogens is 462 g/mol. The highest BCUT2D eigenvalue weighted by Gasteiger charge is 2.55. The molecule has 0 radical (unpaired) electrons. The highest BCUT2D eigenvalue weighted by atomic mass is 16.7. The van der Waals surface area contributed by atoms with Gasteiger partial charge in [0.2, 0.25) is 12.4 Å². The number of hydrogen-bond donors (Lipinski definition) is 1. The number of amides is 1. The summed E-state index contributed by atoms with van der Waals surface area (Å²) in [5, 5.41) is 4.31. The molecule has 0 aliphatic carbocycles. The summed E-state index contributed by atoms with van der Waals surface area (Å²) in [6.45, 7) is 4.33. The largest absolute Gasteiger partial charge is 0.455 e. The van der Waals surface area contributed by atoms with Gasteiger partial charge in [0.25, 0.3) is 5.91 Å². The SMILES string of the molecule is CC(=O)O[C@@H]1O[C@H](C(=O)Nc2cccc3ccccc23)[C@@H](OC(C)=O)[C@H](OC(C)=O)[C@H]1OC(C)=O. The first-order valence-corrected chi connectivity index (χ1v) is 10.7. The molecular formula is C24H25NO10. The second-order valence-corrected chi connectivity index (χ2v) is 7.77. The number of carbonyl (C=O) groups is 5. The third kappa shape index (κ3) is 6.33. The van der Waals surface area contributed by atoms with Gasteiger partial charge < -0.3 is 29.0 Å². The molecule has 0 unspecified atom stereocenters. The molecule has 1 fully saturated rings. The molecule has 0 spiro atoms. The van der Waals surface area contributed by atoms with E-state index in [1.54, 1.807) is 24.3 Å². The Kier molecular flexibility index (Phi) is 8.02.